The van der Waals surface area contributed by atoms with Crippen molar-refractivity contribution < 1.29 is 0 Å². The number of allylic oxidation sites excluding steroid dienone is 13. The van der Waals surface area contributed by atoms with E-state index in [-0.39, 0.29) is 0 Å². The van der Waals surface area contributed by atoms with Crippen molar-refractivity contribution >= 4 is 45.4 Å². The van der Waals surface area contributed by atoms with Crippen LogP contribution in [0.3, 0.4) is 0 Å². The number of nitrogens with zero attached hydrogens (tertiary/aromatic N) is 4. The number of para-hydroxylation sites is 2. The van der Waals surface area contributed by atoms with Gasteiger partial charge in [0.15, 0.2) is 0 Å². The molecule has 0 fully saturated rings. The maximum atomic E-state index is 2.47. The first-order valence-corrected chi connectivity index (χ1v) is 19.6. The minimum atomic E-state index is 0.460. The van der Waals surface area contributed by atoms with E-state index in [2.05, 4.69) is 185 Å². The summed E-state index contributed by atoms with van der Waals surface area (Å²) in [5.74, 6) is 0.460. The van der Waals surface area contributed by atoms with Gasteiger partial charge in [-0.05, 0) is 128 Å². The Balaban J connectivity index is 0.965. The van der Waals surface area contributed by atoms with E-state index in [4.69, 9.17) is 0 Å². The van der Waals surface area contributed by atoms with Crippen LogP contribution < -0.4 is 14.7 Å². The van der Waals surface area contributed by atoms with Crippen molar-refractivity contribution in [3.8, 4) is 0 Å². The number of fused-ring (bicyclic) bond motifs is 6. The van der Waals surface area contributed by atoms with Gasteiger partial charge in [-0.25, -0.2) is 0 Å². The largest absolute Gasteiger partial charge is 0.347 e. The molecule has 5 aromatic rings. The summed E-state index contributed by atoms with van der Waals surface area (Å²) in [5, 5.41) is 1.35. The maximum Gasteiger partial charge on any atom is 0.0507 e. The van der Waals surface area contributed by atoms with Gasteiger partial charge in [-0.15, -0.1) is 0 Å². The number of likely N-dealkylation sites (N-methyl/N-ethyl adjacent to an activating group) is 1. The van der Waals surface area contributed by atoms with Crippen LogP contribution in [0.5, 0.6) is 0 Å². The van der Waals surface area contributed by atoms with Crippen molar-refractivity contribution in [2.75, 3.05) is 21.7 Å². The van der Waals surface area contributed by atoms with Crippen LogP contribution in [0.25, 0.3) is 17.0 Å². The number of rotatable bonds is 7. The second-order valence-electron chi connectivity index (χ2n) is 15.2. The second-order valence-corrected chi connectivity index (χ2v) is 15.2. The van der Waals surface area contributed by atoms with Crippen molar-refractivity contribution in [1.29, 1.82) is 0 Å². The molecule has 0 N–H and O–H groups in total. The molecule has 4 aliphatic carbocycles. The molecule has 0 radical (unpaired) electrons. The lowest BCUT2D eigenvalue weighted by molar-refractivity contribution is 0.812. The molecule has 4 nitrogen and oxygen atoms in total. The van der Waals surface area contributed by atoms with E-state index >= 15 is 0 Å². The van der Waals surface area contributed by atoms with Crippen LogP contribution in [0.2, 0.25) is 0 Å². The minimum absolute atomic E-state index is 0.460. The van der Waals surface area contributed by atoms with Crippen LogP contribution in [-0.4, -0.2) is 11.6 Å². The van der Waals surface area contributed by atoms with Gasteiger partial charge in [0.1, 0.15) is 0 Å². The fraction of sp³-hybridized carbons (Fsp3) is 0.200. The Morgan fingerprint density at radius 3 is 1.89 bits per heavy atom. The predicted molar refractivity (Wildman–Crippen MR) is 228 cm³/mol. The van der Waals surface area contributed by atoms with Crippen LogP contribution in [-0.2, 0) is 13.5 Å². The van der Waals surface area contributed by atoms with Crippen LogP contribution in [0.4, 0.5) is 28.4 Å². The molecule has 0 amide bonds. The summed E-state index contributed by atoms with van der Waals surface area (Å²) in [6.45, 7) is 0. The molecule has 4 aromatic carbocycles. The lowest BCUT2D eigenvalue weighted by atomic mass is 9.89. The molecule has 0 saturated carbocycles. The van der Waals surface area contributed by atoms with Crippen molar-refractivity contribution in [2.24, 2.45) is 7.05 Å². The molecule has 1 aromatic heterocycles. The zero-order valence-electron chi connectivity index (χ0n) is 31.2. The van der Waals surface area contributed by atoms with E-state index in [0.29, 0.717) is 5.92 Å². The summed E-state index contributed by atoms with van der Waals surface area (Å²) in [7, 11) is 4.45. The molecule has 5 aliphatic rings. The molecule has 0 saturated heterocycles. The van der Waals surface area contributed by atoms with Gasteiger partial charge < -0.3 is 19.3 Å². The molecule has 0 spiro atoms. The first kappa shape index (κ1) is 32.6. The molecule has 1 aliphatic heterocycles. The van der Waals surface area contributed by atoms with Crippen molar-refractivity contribution in [1.82, 2.24) is 4.57 Å². The average Bonchev–Trinajstić information content (AvgIpc) is 3.69. The Hall–Kier alpha value is -6.00. The standard InChI is InChI=1S/C50H46N4/c1-51-47-19-11-9-17-43(47)45-31-29-41(33-49(45)51)53(37-13-5-3-6-14-37)39-25-21-35(22-26-39)36-23-27-40(28-24-36)54(38-15-7-4-8-16-38)42-30-32-46-44-18-10-12-20-48(44)52(2)50(46)34-42/h3-11,13-16,18-19,21,23,25,27,29-34,43H,12,17,20,22,24,26,28H2,1-2H3. The molecule has 1 atom stereocenters. The van der Waals surface area contributed by atoms with Gasteiger partial charge in [0.25, 0.3) is 0 Å². The fourth-order valence-corrected chi connectivity index (χ4v) is 9.48. The number of hydrogen-bond donors (Lipinski definition) is 0. The van der Waals surface area contributed by atoms with E-state index in [0.717, 1.165) is 44.9 Å². The summed E-state index contributed by atoms with van der Waals surface area (Å²) < 4.78 is 2.41. The number of aryl methyl sites for hydroxylation is 1. The van der Waals surface area contributed by atoms with Gasteiger partial charge in [0.2, 0.25) is 0 Å². The van der Waals surface area contributed by atoms with Gasteiger partial charge in [0.05, 0.1) is 5.52 Å². The number of hydrogen-bond acceptors (Lipinski definition) is 3. The number of anilines is 5. The van der Waals surface area contributed by atoms with Crippen LogP contribution in [0.1, 0.15) is 61.3 Å². The SMILES string of the molecule is CN1C2=CC=CCC2c2ccc(N(C3=CC=C(C4=CC=C(N(c5ccccc5)c5ccc6c7c(n(C)c6c5)CCC=C7)CC4)CC3)c3ccccc3)cc21. The monoisotopic (exact) mass is 702 g/mol. The normalized spacial score (nSPS) is 18.6. The van der Waals surface area contributed by atoms with Gasteiger partial charge >= 0.3 is 0 Å². The molecule has 10 rings (SSSR count). The maximum absolute atomic E-state index is 2.47. The Kier molecular flexibility index (Phi) is 8.13. The van der Waals surface area contributed by atoms with Gasteiger partial charge in [-0.1, -0.05) is 85.0 Å². The second kappa shape index (κ2) is 13.4. The van der Waals surface area contributed by atoms with Gasteiger partial charge in [-0.2, -0.15) is 0 Å². The lowest BCUT2D eigenvalue weighted by Crippen LogP contribution is -2.20. The van der Waals surface area contributed by atoms with Gasteiger partial charge in [-0.3, -0.25) is 0 Å². The summed E-state index contributed by atoms with van der Waals surface area (Å²) in [5.41, 5.74) is 18.7. The molecule has 4 heteroatoms. The van der Waals surface area contributed by atoms with Crippen molar-refractivity contribution in [3.63, 3.8) is 0 Å². The average molecular weight is 703 g/mol. The zero-order valence-corrected chi connectivity index (χ0v) is 31.2. The smallest absolute Gasteiger partial charge is 0.0507 e. The summed E-state index contributed by atoms with van der Waals surface area (Å²) >= 11 is 0. The van der Waals surface area contributed by atoms with E-state index in [9.17, 15) is 0 Å². The third-order valence-electron chi connectivity index (χ3n) is 12.2. The van der Waals surface area contributed by atoms with Gasteiger partial charge in [0, 0.05) is 82.2 Å². The molecule has 2 heterocycles. The summed E-state index contributed by atoms with van der Waals surface area (Å²) in [6.07, 6.45) is 28.3. The van der Waals surface area contributed by atoms with E-state index < -0.39 is 0 Å². The highest BCUT2D eigenvalue weighted by molar-refractivity contribution is 5.94. The lowest BCUT2D eigenvalue weighted by Gasteiger charge is -2.32. The molecule has 266 valence electrons. The third-order valence-corrected chi connectivity index (χ3v) is 12.2. The Bertz CT molecular complexity index is 2500. The number of benzene rings is 4. The molecule has 1 unspecified atom stereocenters. The van der Waals surface area contributed by atoms with E-state index in [1.165, 1.54) is 84.4 Å². The first-order chi connectivity index (χ1) is 26.6. The van der Waals surface area contributed by atoms with Crippen LogP contribution in [0.15, 0.2) is 174 Å². The highest BCUT2D eigenvalue weighted by Gasteiger charge is 2.33. The highest BCUT2D eigenvalue weighted by Crippen LogP contribution is 2.49. The summed E-state index contributed by atoms with van der Waals surface area (Å²) in [6, 6.07) is 35.9. The van der Waals surface area contributed by atoms with Crippen molar-refractivity contribution in [2.45, 2.75) is 50.9 Å². The van der Waals surface area contributed by atoms with Crippen LogP contribution >= 0.6 is 0 Å². The predicted octanol–water partition coefficient (Wildman–Crippen LogP) is 12.7. The topological polar surface area (TPSA) is 14.7 Å². The van der Waals surface area contributed by atoms with E-state index in [1.807, 2.05) is 0 Å². The fourth-order valence-electron chi connectivity index (χ4n) is 9.48. The van der Waals surface area contributed by atoms with Crippen molar-refractivity contribution in [3.05, 3.63) is 191 Å². The Labute approximate surface area is 319 Å². The molecular formula is C50H46N4. The highest BCUT2D eigenvalue weighted by atomic mass is 15.2. The molecule has 0 bridgehead atoms. The zero-order chi connectivity index (χ0) is 36.2. The third kappa shape index (κ3) is 5.51. The Morgan fingerprint density at radius 1 is 0.593 bits per heavy atom. The Morgan fingerprint density at radius 2 is 1.24 bits per heavy atom. The van der Waals surface area contributed by atoms with Crippen LogP contribution in [0, 0.1) is 0 Å². The molecular weight excluding hydrogens is 657 g/mol. The quantitative estimate of drug-likeness (QED) is 0.168. The minimum Gasteiger partial charge on any atom is -0.347 e. The number of aromatic nitrogens is 1. The first-order valence-electron chi connectivity index (χ1n) is 19.6. The molecule has 54 heavy (non-hydrogen) atoms. The van der Waals surface area contributed by atoms with E-state index in [1.54, 1.807) is 0 Å². The summed E-state index contributed by atoms with van der Waals surface area (Å²) in [4.78, 5) is 7.33.